The third kappa shape index (κ3) is 2.44. The maximum atomic E-state index is 12.5. The zero-order valence-corrected chi connectivity index (χ0v) is 11.9. The molecule has 2 aliphatic carbocycles. The SMILES string of the molecule is CC1(C)CCCC1C(=O)N(CCBr)C1CC1. The Bertz CT molecular complexity index is 273. The lowest BCUT2D eigenvalue weighted by atomic mass is 9.81. The second kappa shape index (κ2) is 4.67. The summed E-state index contributed by atoms with van der Waals surface area (Å²) in [5.74, 6) is 0.691. The van der Waals surface area contributed by atoms with E-state index in [0.717, 1.165) is 18.3 Å². The Hall–Kier alpha value is -0.0500. The van der Waals surface area contributed by atoms with Crippen molar-refractivity contribution in [1.29, 1.82) is 0 Å². The summed E-state index contributed by atoms with van der Waals surface area (Å²) in [6.07, 6.45) is 5.95. The van der Waals surface area contributed by atoms with Gasteiger partial charge in [0.2, 0.25) is 5.91 Å². The quantitative estimate of drug-likeness (QED) is 0.727. The molecule has 0 aromatic carbocycles. The number of halogens is 1. The Labute approximate surface area is 107 Å². The molecule has 1 unspecified atom stereocenters. The molecule has 92 valence electrons. The molecule has 0 N–H and O–H groups in total. The van der Waals surface area contributed by atoms with Crippen molar-refractivity contribution in [1.82, 2.24) is 4.90 Å². The molecule has 2 saturated carbocycles. The van der Waals surface area contributed by atoms with Crippen molar-refractivity contribution in [3.63, 3.8) is 0 Å². The second-order valence-corrected chi connectivity index (χ2v) is 6.68. The van der Waals surface area contributed by atoms with Crippen molar-refractivity contribution >= 4 is 21.8 Å². The zero-order valence-electron chi connectivity index (χ0n) is 10.3. The van der Waals surface area contributed by atoms with Crippen LogP contribution in [0.15, 0.2) is 0 Å². The van der Waals surface area contributed by atoms with Gasteiger partial charge >= 0.3 is 0 Å². The molecule has 1 atom stereocenters. The van der Waals surface area contributed by atoms with Gasteiger partial charge in [-0.2, -0.15) is 0 Å². The van der Waals surface area contributed by atoms with E-state index in [9.17, 15) is 4.79 Å². The molecule has 1 amide bonds. The van der Waals surface area contributed by atoms with E-state index < -0.39 is 0 Å². The van der Waals surface area contributed by atoms with E-state index >= 15 is 0 Å². The van der Waals surface area contributed by atoms with Crippen LogP contribution in [0.2, 0.25) is 0 Å². The van der Waals surface area contributed by atoms with Crippen LogP contribution >= 0.6 is 15.9 Å². The standard InChI is InChI=1S/C13H22BrNO/c1-13(2)7-3-4-11(13)12(16)15(9-8-14)10-5-6-10/h10-11H,3-9H2,1-2H3. The Morgan fingerprint density at radius 1 is 1.38 bits per heavy atom. The van der Waals surface area contributed by atoms with Crippen molar-refractivity contribution in [2.24, 2.45) is 11.3 Å². The number of rotatable bonds is 4. The first-order valence-electron chi connectivity index (χ1n) is 6.43. The Morgan fingerprint density at radius 2 is 2.06 bits per heavy atom. The summed E-state index contributed by atoms with van der Waals surface area (Å²) in [5.41, 5.74) is 0.219. The van der Waals surface area contributed by atoms with Crippen LogP contribution in [0, 0.1) is 11.3 Å². The highest BCUT2D eigenvalue weighted by Gasteiger charge is 2.43. The molecule has 2 rings (SSSR count). The normalized spacial score (nSPS) is 28.1. The van der Waals surface area contributed by atoms with E-state index in [2.05, 4.69) is 34.7 Å². The lowest BCUT2D eigenvalue weighted by Gasteiger charge is -2.32. The Balaban J connectivity index is 2.04. The summed E-state index contributed by atoms with van der Waals surface area (Å²) in [6.45, 7) is 5.39. The molecular weight excluding hydrogens is 266 g/mol. The van der Waals surface area contributed by atoms with Crippen LogP contribution in [0.1, 0.15) is 46.0 Å². The van der Waals surface area contributed by atoms with Crippen molar-refractivity contribution in [3.8, 4) is 0 Å². The highest BCUT2D eigenvalue weighted by Crippen LogP contribution is 2.44. The van der Waals surface area contributed by atoms with Crippen LogP contribution in [0.4, 0.5) is 0 Å². The fourth-order valence-electron chi connectivity index (χ4n) is 2.93. The molecule has 0 aromatic heterocycles. The first-order valence-corrected chi connectivity index (χ1v) is 7.55. The molecule has 3 heteroatoms. The molecule has 0 aliphatic heterocycles. The fraction of sp³-hybridized carbons (Fsp3) is 0.923. The van der Waals surface area contributed by atoms with Crippen molar-refractivity contribution < 1.29 is 4.79 Å². The van der Waals surface area contributed by atoms with Crippen molar-refractivity contribution in [2.75, 3.05) is 11.9 Å². The van der Waals surface area contributed by atoms with Gasteiger partial charge in [-0.05, 0) is 31.1 Å². The number of alkyl halides is 1. The van der Waals surface area contributed by atoms with Crippen molar-refractivity contribution in [3.05, 3.63) is 0 Å². The lowest BCUT2D eigenvalue weighted by molar-refractivity contribution is -0.138. The minimum Gasteiger partial charge on any atom is -0.339 e. The monoisotopic (exact) mass is 287 g/mol. The molecule has 0 saturated heterocycles. The summed E-state index contributed by atoms with van der Waals surface area (Å²) < 4.78 is 0. The Morgan fingerprint density at radius 3 is 2.50 bits per heavy atom. The average Bonchev–Trinajstić information content (AvgIpc) is 2.98. The van der Waals surface area contributed by atoms with E-state index in [0.29, 0.717) is 11.9 Å². The zero-order chi connectivity index (χ0) is 11.8. The van der Waals surface area contributed by atoms with Gasteiger partial charge < -0.3 is 4.90 Å². The van der Waals surface area contributed by atoms with Crippen LogP contribution in [0.25, 0.3) is 0 Å². The summed E-state index contributed by atoms with van der Waals surface area (Å²) in [5, 5.41) is 0.905. The first-order chi connectivity index (χ1) is 7.56. The van der Waals surface area contributed by atoms with Gasteiger partial charge in [-0.1, -0.05) is 36.2 Å². The molecule has 2 nitrogen and oxygen atoms in total. The first kappa shape index (κ1) is 12.4. The predicted molar refractivity (Wildman–Crippen MR) is 69.7 cm³/mol. The highest BCUT2D eigenvalue weighted by atomic mass is 79.9. The van der Waals surface area contributed by atoms with E-state index in [4.69, 9.17) is 0 Å². The van der Waals surface area contributed by atoms with Crippen LogP contribution in [0.5, 0.6) is 0 Å². The van der Waals surface area contributed by atoms with E-state index in [1.54, 1.807) is 0 Å². The summed E-state index contributed by atoms with van der Waals surface area (Å²) in [4.78, 5) is 14.7. The molecule has 0 aromatic rings. The smallest absolute Gasteiger partial charge is 0.226 e. The maximum absolute atomic E-state index is 12.5. The molecule has 0 heterocycles. The minimum atomic E-state index is 0.219. The van der Waals surface area contributed by atoms with Gasteiger partial charge in [-0.25, -0.2) is 0 Å². The average molecular weight is 288 g/mol. The summed E-state index contributed by atoms with van der Waals surface area (Å²) in [7, 11) is 0. The third-order valence-electron chi connectivity index (χ3n) is 4.15. The number of hydrogen-bond donors (Lipinski definition) is 0. The van der Waals surface area contributed by atoms with E-state index in [1.165, 1.54) is 25.7 Å². The summed E-state index contributed by atoms with van der Waals surface area (Å²) in [6, 6.07) is 0.557. The predicted octanol–water partition coefficient (Wildman–Crippen LogP) is 3.20. The molecule has 2 fully saturated rings. The lowest BCUT2D eigenvalue weighted by Crippen LogP contribution is -2.42. The van der Waals surface area contributed by atoms with E-state index in [-0.39, 0.29) is 11.3 Å². The number of carbonyl (C=O) groups excluding carboxylic acids is 1. The van der Waals surface area contributed by atoms with Crippen LogP contribution in [-0.2, 0) is 4.79 Å². The molecular formula is C13H22BrNO. The van der Waals surface area contributed by atoms with Gasteiger partial charge in [0.1, 0.15) is 0 Å². The largest absolute Gasteiger partial charge is 0.339 e. The van der Waals surface area contributed by atoms with Gasteiger partial charge in [0.25, 0.3) is 0 Å². The number of nitrogens with zero attached hydrogens (tertiary/aromatic N) is 1. The summed E-state index contributed by atoms with van der Waals surface area (Å²) >= 11 is 3.46. The van der Waals surface area contributed by atoms with Gasteiger partial charge in [-0.3, -0.25) is 4.79 Å². The van der Waals surface area contributed by atoms with Gasteiger partial charge in [0, 0.05) is 23.8 Å². The fourth-order valence-corrected chi connectivity index (χ4v) is 3.32. The van der Waals surface area contributed by atoms with Gasteiger partial charge in [0.15, 0.2) is 0 Å². The number of amides is 1. The second-order valence-electron chi connectivity index (χ2n) is 5.89. The number of hydrogen-bond acceptors (Lipinski definition) is 1. The maximum Gasteiger partial charge on any atom is 0.226 e. The topological polar surface area (TPSA) is 20.3 Å². The highest BCUT2D eigenvalue weighted by molar-refractivity contribution is 9.09. The van der Waals surface area contributed by atoms with Gasteiger partial charge in [-0.15, -0.1) is 0 Å². The molecule has 0 radical (unpaired) electrons. The molecule has 2 aliphatic rings. The van der Waals surface area contributed by atoms with Crippen LogP contribution in [-0.4, -0.2) is 28.7 Å². The molecule has 0 spiro atoms. The van der Waals surface area contributed by atoms with Crippen molar-refractivity contribution in [2.45, 2.75) is 52.0 Å². The molecule has 0 bridgehead atoms. The Kier molecular flexibility index (Phi) is 3.62. The number of carbonyl (C=O) groups is 1. The minimum absolute atomic E-state index is 0.219. The van der Waals surface area contributed by atoms with E-state index in [1.807, 2.05) is 0 Å². The third-order valence-corrected chi connectivity index (χ3v) is 4.51. The molecule has 16 heavy (non-hydrogen) atoms. The van der Waals surface area contributed by atoms with Crippen LogP contribution in [0.3, 0.4) is 0 Å². The van der Waals surface area contributed by atoms with Gasteiger partial charge in [0.05, 0.1) is 0 Å². The van der Waals surface area contributed by atoms with Crippen LogP contribution < -0.4 is 0 Å².